The summed E-state index contributed by atoms with van der Waals surface area (Å²) in [6.07, 6.45) is 4.82. The van der Waals surface area contributed by atoms with Gasteiger partial charge in [0.05, 0.1) is 5.92 Å². The summed E-state index contributed by atoms with van der Waals surface area (Å²) >= 11 is 0. The maximum Gasteiger partial charge on any atom is 0.373 e. The first-order valence-corrected chi connectivity index (χ1v) is 11.9. The van der Waals surface area contributed by atoms with E-state index >= 15 is 0 Å². The summed E-state index contributed by atoms with van der Waals surface area (Å²) in [7, 11) is 0. The van der Waals surface area contributed by atoms with Crippen LogP contribution in [0.3, 0.4) is 0 Å². The van der Waals surface area contributed by atoms with Crippen molar-refractivity contribution in [2.45, 2.75) is 122 Å². The van der Waals surface area contributed by atoms with Crippen LogP contribution < -0.4 is 10.6 Å². The number of hydrogen-bond acceptors (Lipinski definition) is 7. The number of nitrogens with one attached hydrogen (secondary N) is 2. The Morgan fingerprint density at radius 1 is 0.812 bits per heavy atom. The van der Waals surface area contributed by atoms with E-state index in [1.54, 1.807) is 6.08 Å². The first-order chi connectivity index (χ1) is 14.5. The highest BCUT2D eigenvalue weighted by atomic mass is 16.6. The highest BCUT2D eigenvalue weighted by Gasteiger charge is 2.42. The molecular weight excluding hydrogens is 408 g/mol. The van der Waals surface area contributed by atoms with Gasteiger partial charge in [0.25, 0.3) is 0 Å². The molecule has 0 spiro atoms. The van der Waals surface area contributed by atoms with Gasteiger partial charge in [-0.25, -0.2) is 4.79 Å². The van der Waals surface area contributed by atoms with Gasteiger partial charge < -0.3 is 24.8 Å². The van der Waals surface area contributed by atoms with Crippen molar-refractivity contribution < 1.29 is 23.8 Å². The lowest BCUT2D eigenvalue weighted by atomic mass is 9.81. The average molecular weight is 451 g/mol. The number of carbonyl (C=O) groups is 2. The second kappa shape index (κ2) is 8.64. The van der Waals surface area contributed by atoms with Crippen LogP contribution in [0.5, 0.6) is 0 Å². The van der Waals surface area contributed by atoms with Gasteiger partial charge in [0.1, 0.15) is 18.8 Å². The molecule has 2 N–H and O–H groups in total. The molecule has 0 saturated carbocycles. The number of allylic oxidation sites excluding steroid dienone is 1. The molecule has 3 aliphatic heterocycles. The number of rotatable bonds is 4. The first-order valence-electron chi connectivity index (χ1n) is 11.9. The zero-order valence-corrected chi connectivity index (χ0v) is 21.1. The van der Waals surface area contributed by atoms with Gasteiger partial charge in [-0.15, -0.1) is 0 Å². The summed E-state index contributed by atoms with van der Waals surface area (Å²) in [5.74, 6) is -0.900. The molecule has 0 amide bonds. The third kappa shape index (κ3) is 6.70. The minimum Gasteiger partial charge on any atom is -0.486 e. The molecule has 32 heavy (non-hydrogen) atoms. The Morgan fingerprint density at radius 3 is 1.66 bits per heavy atom. The van der Waals surface area contributed by atoms with Gasteiger partial charge in [0.15, 0.2) is 0 Å². The monoisotopic (exact) mass is 450 g/mol. The second-order valence-corrected chi connectivity index (χ2v) is 12.5. The van der Waals surface area contributed by atoms with Gasteiger partial charge in [-0.1, -0.05) is 0 Å². The maximum atomic E-state index is 12.7. The molecule has 3 rings (SSSR count). The van der Waals surface area contributed by atoms with Crippen molar-refractivity contribution in [3.63, 3.8) is 0 Å². The normalized spacial score (nSPS) is 29.4. The SMILES string of the molecule is CC1(C)CC(OC(=O)C2=CCC(C(=O)OC3CC(C)(C)NC(C)(C)C3)CO2)CC(C)(C)N1. The molecule has 0 aromatic rings. The fraction of sp³-hybridized carbons (Fsp3) is 0.840. The van der Waals surface area contributed by atoms with E-state index in [0.29, 0.717) is 6.42 Å². The molecule has 182 valence electrons. The summed E-state index contributed by atoms with van der Waals surface area (Å²) in [6.45, 7) is 17.1. The van der Waals surface area contributed by atoms with E-state index in [1.807, 2.05) is 0 Å². The molecule has 0 aromatic carbocycles. The summed E-state index contributed by atoms with van der Waals surface area (Å²) in [6, 6.07) is 0. The Labute approximate surface area is 193 Å². The number of piperidine rings is 2. The van der Waals surface area contributed by atoms with Crippen molar-refractivity contribution in [2.75, 3.05) is 6.61 Å². The summed E-state index contributed by atoms with van der Waals surface area (Å²) in [4.78, 5) is 25.4. The highest BCUT2D eigenvalue weighted by Crippen LogP contribution is 2.33. The Bertz CT molecular complexity index is 736. The van der Waals surface area contributed by atoms with Crippen LogP contribution in [-0.2, 0) is 23.8 Å². The second-order valence-electron chi connectivity index (χ2n) is 12.5. The Balaban J connectivity index is 1.53. The summed E-state index contributed by atoms with van der Waals surface area (Å²) in [5.41, 5.74) is -0.406. The lowest BCUT2D eigenvalue weighted by molar-refractivity contribution is -0.163. The Morgan fingerprint density at radius 2 is 1.25 bits per heavy atom. The predicted octanol–water partition coefficient (Wildman–Crippen LogP) is 3.61. The van der Waals surface area contributed by atoms with Crippen LogP contribution in [0.15, 0.2) is 11.8 Å². The number of ether oxygens (including phenoxy) is 3. The van der Waals surface area contributed by atoms with Crippen molar-refractivity contribution >= 4 is 11.9 Å². The van der Waals surface area contributed by atoms with Crippen molar-refractivity contribution in [3.8, 4) is 0 Å². The van der Waals surface area contributed by atoms with E-state index in [1.165, 1.54) is 0 Å². The molecule has 1 atom stereocenters. The van der Waals surface area contributed by atoms with E-state index in [4.69, 9.17) is 14.2 Å². The third-order valence-corrected chi connectivity index (χ3v) is 6.42. The van der Waals surface area contributed by atoms with Gasteiger partial charge in [0, 0.05) is 47.8 Å². The van der Waals surface area contributed by atoms with Crippen LogP contribution in [0.25, 0.3) is 0 Å². The van der Waals surface area contributed by atoms with Crippen LogP contribution in [0.2, 0.25) is 0 Å². The minimum atomic E-state index is -0.447. The van der Waals surface area contributed by atoms with Gasteiger partial charge in [-0.2, -0.15) is 0 Å². The molecule has 0 radical (unpaired) electrons. The molecular formula is C25H42N2O5. The lowest BCUT2D eigenvalue weighted by Crippen LogP contribution is -2.60. The predicted molar refractivity (Wildman–Crippen MR) is 123 cm³/mol. The summed E-state index contributed by atoms with van der Waals surface area (Å²) in [5, 5.41) is 7.18. The average Bonchev–Trinajstić information content (AvgIpc) is 2.56. The fourth-order valence-electron chi connectivity index (χ4n) is 5.97. The van der Waals surface area contributed by atoms with E-state index in [2.05, 4.69) is 66.0 Å². The van der Waals surface area contributed by atoms with E-state index in [-0.39, 0.29) is 52.7 Å². The van der Waals surface area contributed by atoms with Gasteiger partial charge >= 0.3 is 11.9 Å². The fourth-order valence-corrected chi connectivity index (χ4v) is 5.97. The Hall–Kier alpha value is -1.60. The van der Waals surface area contributed by atoms with Crippen molar-refractivity contribution in [3.05, 3.63) is 11.8 Å². The number of carbonyl (C=O) groups excluding carboxylic acids is 2. The largest absolute Gasteiger partial charge is 0.486 e. The zero-order valence-electron chi connectivity index (χ0n) is 21.1. The third-order valence-electron chi connectivity index (χ3n) is 6.42. The standard InChI is InChI=1S/C25H42N2O5/c1-22(2)11-17(12-23(3,4)26-22)31-20(28)16-9-10-19(30-15-16)21(29)32-18-13-24(5,6)27-25(7,8)14-18/h10,16-18,26-27H,9,11-15H2,1-8H3. The van der Waals surface area contributed by atoms with Crippen LogP contribution >= 0.6 is 0 Å². The molecule has 7 heteroatoms. The van der Waals surface area contributed by atoms with Crippen LogP contribution in [0.1, 0.15) is 87.5 Å². The van der Waals surface area contributed by atoms with Gasteiger partial charge in [-0.3, -0.25) is 4.79 Å². The molecule has 7 nitrogen and oxygen atoms in total. The smallest absolute Gasteiger partial charge is 0.373 e. The quantitative estimate of drug-likeness (QED) is 0.633. The molecule has 0 aliphatic carbocycles. The van der Waals surface area contributed by atoms with Crippen molar-refractivity contribution in [2.24, 2.45) is 5.92 Å². The van der Waals surface area contributed by atoms with Crippen molar-refractivity contribution in [1.82, 2.24) is 10.6 Å². The molecule has 0 bridgehead atoms. The molecule has 0 aromatic heterocycles. The molecule has 2 fully saturated rings. The van der Waals surface area contributed by atoms with Gasteiger partial charge in [-0.05, 0) is 67.9 Å². The number of hydrogen-bond donors (Lipinski definition) is 2. The molecule has 1 unspecified atom stereocenters. The lowest BCUT2D eigenvalue weighted by Gasteiger charge is -2.46. The van der Waals surface area contributed by atoms with Crippen LogP contribution in [0.4, 0.5) is 0 Å². The van der Waals surface area contributed by atoms with Crippen LogP contribution in [0, 0.1) is 5.92 Å². The molecule has 3 aliphatic rings. The van der Waals surface area contributed by atoms with E-state index < -0.39 is 11.9 Å². The molecule has 2 saturated heterocycles. The van der Waals surface area contributed by atoms with Crippen LogP contribution in [-0.4, -0.2) is 52.9 Å². The zero-order chi connectivity index (χ0) is 23.9. The van der Waals surface area contributed by atoms with Gasteiger partial charge in [0.2, 0.25) is 5.76 Å². The van der Waals surface area contributed by atoms with E-state index in [9.17, 15) is 9.59 Å². The van der Waals surface area contributed by atoms with E-state index in [0.717, 1.165) is 25.7 Å². The maximum absolute atomic E-state index is 12.7. The minimum absolute atomic E-state index is 0.0929. The summed E-state index contributed by atoms with van der Waals surface area (Å²) < 4.78 is 17.3. The number of esters is 2. The first kappa shape index (κ1) is 25.0. The topological polar surface area (TPSA) is 85.9 Å². The highest BCUT2D eigenvalue weighted by molar-refractivity contribution is 5.87. The Kier molecular flexibility index (Phi) is 6.76. The van der Waals surface area contributed by atoms with Crippen molar-refractivity contribution in [1.29, 1.82) is 0 Å². The molecule has 3 heterocycles.